The Hall–Kier alpha value is -0.570. The quantitative estimate of drug-likeness (QED) is 0.755. The molecule has 0 spiro atoms. The van der Waals surface area contributed by atoms with Gasteiger partial charge in [0.25, 0.3) is 0 Å². The van der Waals surface area contributed by atoms with Crippen molar-refractivity contribution in [3.8, 4) is 0 Å². The second kappa shape index (κ2) is 6.05. The molecule has 1 heterocycles. The van der Waals surface area contributed by atoms with E-state index in [1.165, 1.54) is 25.7 Å². The van der Waals surface area contributed by atoms with Crippen LogP contribution in [0.1, 0.15) is 65.7 Å². The van der Waals surface area contributed by atoms with E-state index in [0.29, 0.717) is 11.9 Å². The van der Waals surface area contributed by atoms with Crippen molar-refractivity contribution in [2.75, 3.05) is 0 Å². The fourth-order valence-electron chi connectivity index (χ4n) is 3.14. The molecule has 3 unspecified atom stereocenters. The Kier molecular flexibility index (Phi) is 4.66. The first-order chi connectivity index (χ1) is 8.67. The number of nitrogens with zero attached hydrogens (tertiary/aromatic N) is 1. The highest BCUT2D eigenvalue weighted by molar-refractivity contribution is 5.84. The van der Waals surface area contributed by atoms with Gasteiger partial charge in [0.05, 0.1) is 12.2 Å². The minimum absolute atomic E-state index is 0.0770. The third-order valence-corrected chi connectivity index (χ3v) is 4.43. The minimum atomic E-state index is 0.0770. The molecule has 1 saturated carbocycles. The van der Waals surface area contributed by atoms with Crippen LogP contribution in [0.25, 0.3) is 0 Å². The lowest BCUT2D eigenvalue weighted by atomic mass is 10.0. The molecule has 1 N–H and O–H groups in total. The summed E-state index contributed by atoms with van der Waals surface area (Å²) in [5, 5.41) is 3.47. The summed E-state index contributed by atoms with van der Waals surface area (Å²) in [6.45, 7) is 6.54. The van der Waals surface area contributed by atoms with E-state index in [9.17, 15) is 4.79 Å². The first-order valence-corrected chi connectivity index (χ1v) is 7.75. The molecule has 1 aliphatic heterocycles. The Morgan fingerprint density at radius 1 is 1.39 bits per heavy atom. The smallest absolute Gasteiger partial charge is 0.241 e. The van der Waals surface area contributed by atoms with Crippen LogP contribution in [0.15, 0.2) is 0 Å². The van der Waals surface area contributed by atoms with Crippen LogP contribution in [0.2, 0.25) is 0 Å². The summed E-state index contributed by atoms with van der Waals surface area (Å²) in [5.41, 5.74) is 0. The van der Waals surface area contributed by atoms with E-state index in [1.807, 2.05) is 0 Å². The van der Waals surface area contributed by atoms with Gasteiger partial charge in [0.1, 0.15) is 0 Å². The zero-order valence-electron chi connectivity index (χ0n) is 12.1. The normalized spacial score (nSPS) is 29.9. The molecule has 3 atom stereocenters. The van der Waals surface area contributed by atoms with Crippen molar-refractivity contribution in [3.63, 3.8) is 0 Å². The van der Waals surface area contributed by atoms with Gasteiger partial charge in [0, 0.05) is 6.04 Å². The maximum atomic E-state index is 12.5. The third-order valence-electron chi connectivity index (χ3n) is 4.43. The van der Waals surface area contributed by atoms with E-state index in [1.54, 1.807) is 0 Å². The standard InChI is InChI=1S/C15H28N2O/c1-4-6-7-14-15(18)17(11(3)16-14)13(5-2)10-12-8-9-12/h11-14,16H,4-10H2,1-3H3. The van der Waals surface area contributed by atoms with Gasteiger partial charge in [0.15, 0.2) is 0 Å². The van der Waals surface area contributed by atoms with Gasteiger partial charge in [-0.25, -0.2) is 0 Å². The van der Waals surface area contributed by atoms with Crippen molar-refractivity contribution in [2.45, 2.75) is 84.0 Å². The van der Waals surface area contributed by atoms with Gasteiger partial charge < -0.3 is 4.90 Å². The second-order valence-corrected chi connectivity index (χ2v) is 6.02. The lowest BCUT2D eigenvalue weighted by molar-refractivity contribution is -0.132. The van der Waals surface area contributed by atoms with E-state index in [-0.39, 0.29) is 12.2 Å². The molecule has 2 aliphatic rings. The summed E-state index contributed by atoms with van der Waals surface area (Å²) in [7, 11) is 0. The molecule has 2 rings (SSSR count). The predicted molar refractivity (Wildman–Crippen MR) is 74.2 cm³/mol. The van der Waals surface area contributed by atoms with Crippen LogP contribution < -0.4 is 5.32 Å². The van der Waals surface area contributed by atoms with Crippen LogP contribution in [-0.4, -0.2) is 29.1 Å². The molecule has 1 amide bonds. The van der Waals surface area contributed by atoms with Crippen molar-refractivity contribution in [3.05, 3.63) is 0 Å². The number of unbranched alkanes of at least 4 members (excludes halogenated alkanes) is 1. The average Bonchev–Trinajstić information content (AvgIpc) is 3.12. The Morgan fingerprint density at radius 3 is 2.67 bits per heavy atom. The minimum Gasteiger partial charge on any atom is -0.323 e. The van der Waals surface area contributed by atoms with Crippen LogP contribution in [0.5, 0.6) is 0 Å². The van der Waals surface area contributed by atoms with Crippen LogP contribution in [-0.2, 0) is 4.79 Å². The van der Waals surface area contributed by atoms with Crippen molar-refractivity contribution in [1.82, 2.24) is 10.2 Å². The SMILES string of the molecule is CCCCC1NC(C)N(C(CC)CC2CC2)C1=O. The highest BCUT2D eigenvalue weighted by Gasteiger charge is 2.40. The van der Waals surface area contributed by atoms with E-state index in [2.05, 4.69) is 31.0 Å². The molecule has 0 radical (unpaired) electrons. The first kappa shape index (κ1) is 13.9. The average molecular weight is 252 g/mol. The van der Waals surface area contributed by atoms with Gasteiger partial charge in [-0.05, 0) is 32.1 Å². The fraction of sp³-hybridized carbons (Fsp3) is 0.933. The number of hydrogen-bond donors (Lipinski definition) is 1. The summed E-state index contributed by atoms with van der Waals surface area (Å²) in [6, 6.07) is 0.535. The summed E-state index contributed by atoms with van der Waals surface area (Å²) < 4.78 is 0. The molecule has 0 aromatic rings. The molecular formula is C15H28N2O. The van der Waals surface area contributed by atoms with Crippen LogP contribution in [0.4, 0.5) is 0 Å². The highest BCUT2D eigenvalue weighted by Crippen LogP contribution is 2.36. The van der Waals surface area contributed by atoms with Gasteiger partial charge >= 0.3 is 0 Å². The number of carbonyl (C=O) groups is 1. The van der Waals surface area contributed by atoms with E-state index < -0.39 is 0 Å². The number of nitrogens with one attached hydrogen (secondary N) is 1. The summed E-state index contributed by atoms with van der Waals surface area (Å²) in [5.74, 6) is 1.24. The molecule has 3 heteroatoms. The van der Waals surface area contributed by atoms with Gasteiger partial charge in [-0.1, -0.05) is 39.5 Å². The topological polar surface area (TPSA) is 32.3 Å². The van der Waals surface area contributed by atoms with E-state index >= 15 is 0 Å². The molecule has 1 aliphatic carbocycles. The summed E-state index contributed by atoms with van der Waals surface area (Å²) >= 11 is 0. The zero-order valence-corrected chi connectivity index (χ0v) is 12.1. The predicted octanol–water partition coefficient (Wildman–Crippen LogP) is 2.90. The fourth-order valence-corrected chi connectivity index (χ4v) is 3.14. The number of carbonyl (C=O) groups excluding carboxylic acids is 1. The van der Waals surface area contributed by atoms with Gasteiger partial charge in [0.2, 0.25) is 5.91 Å². The maximum Gasteiger partial charge on any atom is 0.241 e. The molecule has 18 heavy (non-hydrogen) atoms. The zero-order chi connectivity index (χ0) is 13.1. The molecule has 0 aromatic carbocycles. The van der Waals surface area contributed by atoms with E-state index in [4.69, 9.17) is 0 Å². The molecule has 0 bridgehead atoms. The lowest BCUT2D eigenvalue weighted by Gasteiger charge is -2.30. The Balaban J connectivity index is 1.95. The summed E-state index contributed by atoms with van der Waals surface area (Å²) in [6.07, 6.45) is 8.59. The highest BCUT2D eigenvalue weighted by atomic mass is 16.2. The molecule has 3 nitrogen and oxygen atoms in total. The Bertz CT molecular complexity index is 288. The Morgan fingerprint density at radius 2 is 2.11 bits per heavy atom. The summed E-state index contributed by atoms with van der Waals surface area (Å²) in [4.78, 5) is 14.6. The van der Waals surface area contributed by atoms with Crippen LogP contribution >= 0.6 is 0 Å². The van der Waals surface area contributed by atoms with Gasteiger partial charge in [-0.3, -0.25) is 10.1 Å². The van der Waals surface area contributed by atoms with Crippen molar-refractivity contribution >= 4 is 5.91 Å². The Labute approximate surface area is 111 Å². The lowest BCUT2D eigenvalue weighted by Crippen LogP contribution is -2.43. The number of amides is 1. The third kappa shape index (κ3) is 3.05. The molecular weight excluding hydrogens is 224 g/mol. The first-order valence-electron chi connectivity index (χ1n) is 7.75. The van der Waals surface area contributed by atoms with Crippen molar-refractivity contribution < 1.29 is 4.79 Å². The van der Waals surface area contributed by atoms with Crippen LogP contribution in [0, 0.1) is 5.92 Å². The molecule has 0 aromatic heterocycles. The number of hydrogen-bond acceptors (Lipinski definition) is 2. The molecule has 104 valence electrons. The van der Waals surface area contributed by atoms with Crippen molar-refractivity contribution in [1.29, 1.82) is 0 Å². The second-order valence-electron chi connectivity index (χ2n) is 6.02. The van der Waals surface area contributed by atoms with Gasteiger partial charge in [-0.15, -0.1) is 0 Å². The van der Waals surface area contributed by atoms with Crippen molar-refractivity contribution in [2.24, 2.45) is 5.92 Å². The largest absolute Gasteiger partial charge is 0.323 e. The monoisotopic (exact) mass is 252 g/mol. The maximum absolute atomic E-state index is 12.5. The van der Waals surface area contributed by atoms with Gasteiger partial charge in [-0.2, -0.15) is 0 Å². The van der Waals surface area contributed by atoms with E-state index in [0.717, 1.165) is 25.2 Å². The molecule has 1 saturated heterocycles. The molecule has 2 fully saturated rings. The number of rotatable bonds is 7. The van der Waals surface area contributed by atoms with Crippen LogP contribution in [0.3, 0.4) is 0 Å².